The molecule has 0 heterocycles. The lowest BCUT2D eigenvalue weighted by Crippen LogP contribution is -2.25. The number of benzene rings is 2. The van der Waals surface area contributed by atoms with Crippen LogP contribution in [0.25, 0.3) is 0 Å². The molecule has 0 aliphatic carbocycles. The molecule has 5 nitrogen and oxygen atoms in total. The molecular formula is C19H23NO4. The highest BCUT2D eigenvalue weighted by atomic mass is 16.5. The first kappa shape index (κ1) is 17.8. The van der Waals surface area contributed by atoms with Crippen molar-refractivity contribution < 1.29 is 19.4 Å². The van der Waals surface area contributed by atoms with Crippen LogP contribution >= 0.6 is 0 Å². The van der Waals surface area contributed by atoms with Gasteiger partial charge in [0.05, 0.1) is 12.8 Å². The lowest BCUT2D eigenvalue weighted by molar-refractivity contribution is -0.154. The third-order valence-electron chi connectivity index (χ3n) is 3.65. The highest BCUT2D eigenvalue weighted by Gasteiger charge is 2.18. The Morgan fingerprint density at radius 2 is 1.83 bits per heavy atom. The monoisotopic (exact) mass is 329 g/mol. The molecule has 0 fully saturated rings. The number of hydrogen-bond donors (Lipinski definition) is 1. The number of rotatable bonds is 7. The smallest absolute Gasteiger partial charge is 0.335 e. The fourth-order valence-corrected chi connectivity index (χ4v) is 2.34. The molecule has 0 unspecified atom stereocenters. The van der Waals surface area contributed by atoms with E-state index in [0.717, 1.165) is 22.6 Å². The van der Waals surface area contributed by atoms with Crippen LogP contribution in [0, 0.1) is 0 Å². The van der Waals surface area contributed by atoms with E-state index in [1.165, 1.54) is 0 Å². The zero-order chi connectivity index (χ0) is 17.5. The number of aliphatic hydroxyl groups is 1. The SMILES string of the molecule is COc1ccc(C[C@@H](O)C(=O)OCc2ccccc2)cc1N(C)C. The molecule has 2 aromatic rings. The first-order valence-corrected chi connectivity index (χ1v) is 7.74. The third-order valence-corrected chi connectivity index (χ3v) is 3.65. The summed E-state index contributed by atoms with van der Waals surface area (Å²) in [6.07, 6.45) is -1.00. The van der Waals surface area contributed by atoms with Crippen LogP contribution < -0.4 is 9.64 Å². The lowest BCUT2D eigenvalue weighted by Gasteiger charge is -2.18. The van der Waals surface area contributed by atoms with Gasteiger partial charge < -0.3 is 19.5 Å². The van der Waals surface area contributed by atoms with Crippen LogP contribution in [0.1, 0.15) is 11.1 Å². The minimum absolute atomic E-state index is 0.155. The second-order valence-corrected chi connectivity index (χ2v) is 5.71. The summed E-state index contributed by atoms with van der Waals surface area (Å²) >= 11 is 0. The Labute approximate surface area is 142 Å². The van der Waals surface area contributed by atoms with Crippen molar-refractivity contribution in [3.8, 4) is 5.75 Å². The molecule has 0 bridgehead atoms. The maximum absolute atomic E-state index is 12.0. The molecule has 2 aromatic carbocycles. The molecule has 128 valence electrons. The Bertz CT molecular complexity index is 670. The number of nitrogens with zero attached hydrogens (tertiary/aromatic N) is 1. The van der Waals surface area contributed by atoms with Crippen molar-refractivity contribution in [1.82, 2.24) is 0 Å². The van der Waals surface area contributed by atoms with Crippen LogP contribution in [0.3, 0.4) is 0 Å². The van der Waals surface area contributed by atoms with Crippen LogP contribution in [-0.2, 0) is 22.6 Å². The molecule has 0 saturated carbocycles. The normalized spacial score (nSPS) is 11.7. The van der Waals surface area contributed by atoms with E-state index in [1.807, 2.05) is 67.5 Å². The van der Waals surface area contributed by atoms with Crippen molar-refractivity contribution in [1.29, 1.82) is 0 Å². The van der Waals surface area contributed by atoms with Gasteiger partial charge in [-0.1, -0.05) is 36.4 Å². The second kappa shape index (κ2) is 8.36. The quantitative estimate of drug-likeness (QED) is 0.791. The van der Waals surface area contributed by atoms with Crippen molar-refractivity contribution in [2.75, 3.05) is 26.1 Å². The Morgan fingerprint density at radius 3 is 2.46 bits per heavy atom. The number of aliphatic hydroxyl groups excluding tert-OH is 1. The Morgan fingerprint density at radius 1 is 1.12 bits per heavy atom. The van der Waals surface area contributed by atoms with Crippen LogP contribution in [0.4, 0.5) is 5.69 Å². The largest absolute Gasteiger partial charge is 0.495 e. The summed E-state index contributed by atoms with van der Waals surface area (Å²) in [5.74, 6) is 0.117. The molecule has 0 aromatic heterocycles. The van der Waals surface area contributed by atoms with Crippen molar-refractivity contribution in [3.63, 3.8) is 0 Å². The van der Waals surface area contributed by atoms with Gasteiger partial charge in [-0.05, 0) is 23.3 Å². The third kappa shape index (κ3) is 4.73. The average molecular weight is 329 g/mol. The van der Waals surface area contributed by atoms with E-state index in [9.17, 15) is 9.90 Å². The average Bonchev–Trinajstić information content (AvgIpc) is 2.60. The first-order chi connectivity index (χ1) is 11.5. The van der Waals surface area contributed by atoms with E-state index in [1.54, 1.807) is 7.11 Å². The number of esters is 1. The molecule has 1 atom stereocenters. The zero-order valence-corrected chi connectivity index (χ0v) is 14.2. The van der Waals surface area contributed by atoms with Crippen LogP contribution in [0.15, 0.2) is 48.5 Å². The van der Waals surface area contributed by atoms with Gasteiger partial charge in [-0.25, -0.2) is 4.79 Å². The maximum Gasteiger partial charge on any atom is 0.335 e. The predicted octanol–water partition coefficient (Wildman–Crippen LogP) is 2.41. The molecule has 2 rings (SSSR count). The van der Waals surface area contributed by atoms with Crippen LogP contribution in [0.5, 0.6) is 5.75 Å². The van der Waals surface area contributed by atoms with Gasteiger partial charge in [0.15, 0.2) is 6.10 Å². The Kier molecular flexibility index (Phi) is 6.21. The van der Waals surface area contributed by atoms with E-state index in [0.29, 0.717) is 0 Å². The molecule has 0 amide bonds. The minimum Gasteiger partial charge on any atom is -0.495 e. The standard InChI is InChI=1S/C19H23NO4/c1-20(2)16-11-15(9-10-18(16)23-3)12-17(21)19(22)24-13-14-7-5-4-6-8-14/h4-11,17,21H,12-13H2,1-3H3/t17-/m1/s1. The van der Waals surface area contributed by atoms with Crippen molar-refractivity contribution in [2.45, 2.75) is 19.1 Å². The Hall–Kier alpha value is -2.53. The van der Waals surface area contributed by atoms with Gasteiger partial charge in [0, 0.05) is 20.5 Å². The van der Waals surface area contributed by atoms with Crippen LogP contribution in [-0.4, -0.2) is 38.4 Å². The van der Waals surface area contributed by atoms with Gasteiger partial charge in [-0.3, -0.25) is 0 Å². The Balaban J connectivity index is 1.97. The van der Waals surface area contributed by atoms with E-state index in [4.69, 9.17) is 9.47 Å². The number of methoxy groups -OCH3 is 1. The molecule has 0 aliphatic heterocycles. The van der Waals surface area contributed by atoms with Gasteiger partial charge in [0.25, 0.3) is 0 Å². The highest BCUT2D eigenvalue weighted by Crippen LogP contribution is 2.28. The fraction of sp³-hybridized carbons (Fsp3) is 0.316. The van der Waals surface area contributed by atoms with Gasteiger partial charge in [0.2, 0.25) is 0 Å². The van der Waals surface area contributed by atoms with Gasteiger partial charge in [-0.2, -0.15) is 0 Å². The molecule has 1 N–H and O–H groups in total. The topological polar surface area (TPSA) is 59.0 Å². The summed E-state index contributed by atoms with van der Waals surface area (Å²) in [5, 5.41) is 10.1. The summed E-state index contributed by atoms with van der Waals surface area (Å²) in [7, 11) is 5.43. The highest BCUT2D eigenvalue weighted by molar-refractivity contribution is 5.75. The molecular weight excluding hydrogens is 306 g/mol. The zero-order valence-electron chi connectivity index (χ0n) is 14.2. The second-order valence-electron chi connectivity index (χ2n) is 5.71. The summed E-state index contributed by atoms with van der Waals surface area (Å²) in [5.41, 5.74) is 2.61. The van der Waals surface area contributed by atoms with E-state index >= 15 is 0 Å². The summed E-state index contributed by atoms with van der Waals surface area (Å²) in [6.45, 7) is 0.155. The summed E-state index contributed by atoms with van der Waals surface area (Å²) < 4.78 is 10.5. The molecule has 0 spiro atoms. The van der Waals surface area contributed by atoms with Crippen molar-refractivity contribution in [2.24, 2.45) is 0 Å². The van der Waals surface area contributed by atoms with Crippen molar-refractivity contribution in [3.05, 3.63) is 59.7 Å². The van der Waals surface area contributed by atoms with E-state index < -0.39 is 12.1 Å². The lowest BCUT2D eigenvalue weighted by atomic mass is 10.1. The predicted molar refractivity (Wildman–Crippen MR) is 93.3 cm³/mol. The number of ether oxygens (including phenoxy) is 2. The van der Waals surface area contributed by atoms with E-state index in [-0.39, 0.29) is 13.0 Å². The molecule has 24 heavy (non-hydrogen) atoms. The summed E-state index contributed by atoms with van der Waals surface area (Å²) in [6, 6.07) is 14.9. The molecule has 0 radical (unpaired) electrons. The molecule has 0 saturated heterocycles. The maximum atomic E-state index is 12.0. The number of carbonyl (C=O) groups excluding carboxylic acids is 1. The number of carbonyl (C=O) groups is 1. The van der Waals surface area contributed by atoms with Crippen LogP contribution in [0.2, 0.25) is 0 Å². The fourth-order valence-electron chi connectivity index (χ4n) is 2.34. The van der Waals surface area contributed by atoms with E-state index in [2.05, 4.69) is 0 Å². The number of anilines is 1. The first-order valence-electron chi connectivity index (χ1n) is 7.74. The van der Waals surface area contributed by atoms with Gasteiger partial charge >= 0.3 is 5.97 Å². The summed E-state index contributed by atoms with van der Waals surface area (Å²) in [4.78, 5) is 13.9. The van der Waals surface area contributed by atoms with Gasteiger partial charge in [0.1, 0.15) is 12.4 Å². The van der Waals surface area contributed by atoms with Crippen molar-refractivity contribution >= 4 is 11.7 Å². The van der Waals surface area contributed by atoms with Gasteiger partial charge in [-0.15, -0.1) is 0 Å². The molecule has 5 heteroatoms. The number of hydrogen-bond acceptors (Lipinski definition) is 5. The minimum atomic E-state index is -1.20. The molecule has 0 aliphatic rings.